The Hall–Kier alpha value is -3.09. The van der Waals surface area contributed by atoms with Gasteiger partial charge in [-0.15, -0.1) is 0 Å². The van der Waals surface area contributed by atoms with E-state index in [1.54, 1.807) is 54.0 Å². The van der Waals surface area contributed by atoms with E-state index in [1.807, 2.05) is 11.1 Å². The summed E-state index contributed by atoms with van der Waals surface area (Å²) in [6, 6.07) is 3.43. The van der Waals surface area contributed by atoms with Gasteiger partial charge in [0.05, 0.1) is 24.1 Å². The first-order valence-corrected chi connectivity index (χ1v) is 7.84. The van der Waals surface area contributed by atoms with Crippen LogP contribution in [-0.4, -0.2) is 41.9 Å². The van der Waals surface area contributed by atoms with Crippen molar-refractivity contribution in [1.29, 1.82) is 0 Å². The lowest BCUT2D eigenvalue weighted by Gasteiger charge is -2.24. The minimum absolute atomic E-state index is 0.00901. The predicted molar refractivity (Wildman–Crippen MR) is 86.4 cm³/mol. The zero-order chi connectivity index (χ0) is 16.4. The molecular formula is C17H16N6O. The second-order valence-electron chi connectivity index (χ2n) is 5.66. The first kappa shape index (κ1) is 14.5. The van der Waals surface area contributed by atoms with Gasteiger partial charge in [0.25, 0.3) is 5.91 Å². The molecule has 0 spiro atoms. The molecule has 4 rings (SSSR count). The summed E-state index contributed by atoms with van der Waals surface area (Å²) in [4.78, 5) is 31.6. The number of carbonyl (C=O) groups is 1. The molecule has 3 aromatic heterocycles. The van der Waals surface area contributed by atoms with E-state index in [1.165, 1.54) is 0 Å². The van der Waals surface area contributed by atoms with Gasteiger partial charge in [0.2, 0.25) is 0 Å². The number of nitrogens with zero attached hydrogens (tertiary/aromatic N) is 6. The average molecular weight is 320 g/mol. The summed E-state index contributed by atoms with van der Waals surface area (Å²) in [5.74, 6) is 0.711. The van der Waals surface area contributed by atoms with E-state index in [4.69, 9.17) is 0 Å². The van der Waals surface area contributed by atoms with E-state index in [2.05, 4.69) is 19.9 Å². The summed E-state index contributed by atoms with van der Waals surface area (Å²) in [5, 5.41) is 0. The maximum atomic E-state index is 12.8. The molecule has 24 heavy (non-hydrogen) atoms. The average Bonchev–Trinajstić information content (AvgIpc) is 3.34. The molecule has 7 nitrogen and oxygen atoms in total. The summed E-state index contributed by atoms with van der Waals surface area (Å²) in [6.45, 7) is 0.725. The first-order chi connectivity index (χ1) is 11.8. The molecule has 1 fully saturated rings. The van der Waals surface area contributed by atoms with Crippen LogP contribution in [0.15, 0.2) is 55.6 Å². The predicted octanol–water partition coefficient (Wildman–Crippen LogP) is 2.03. The Labute approximate surface area is 139 Å². The lowest BCUT2D eigenvalue weighted by atomic mass is 10.1. The van der Waals surface area contributed by atoms with Crippen molar-refractivity contribution in [3.8, 4) is 5.82 Å². The van der Waals surface area contributed by atoms with Crippen LogP contribution < -0.4 is 0 Å². The molecule has 1 aliphatic rings. The van der Waals surface area contributed by atoms with Crippen LogP contribution in [0.25, 0.3) is 5.82 Å². The van der Waals surface area contributed by atoms with E-state index in [9.17, 15) is 4.79 Å². The Balaban J connectivity index is 1.64. The van der Waals surface area contributed by atoms with Crippen LogP contribution in [-0.2, 0) is 0 Å². The van der Waals surface area contributed by atoms with Crippen LogP contribution >= 0.6 is 0 Å². The third kappa shape index (κ3) is 2.64. The normalized spacial score (nSPS) is 17.2. The van der Waals surface area contributed by atoms with Gasteiger partial charge in [0, 0.05) is 36.9 Å². The molecule has 0 bridgehead atoms. The largest absolute Gasteiger partial charge is 0.330 e. The number of carbonyl (C=O) groups excluding carboxylic acids is 1. The Bertz CT molecular complexity index is 833. The summed E-state index contributed by atoms with van der Waals surface area (Å²) >= 11 is 0. The number of rotatable bonds is 3. The van der Waals surface area contributed by atoms with Crippen molar-refractivity contribution in [2.45, 2.75) is 18.9 Å². The van der Waals surface area contributed by atoms with Crippen molar-refractivity contribution in [2.24, 2.45) is 0 Å². The van der Waals surface area contributed by atoms with E-state index < -0.39 is 0 Å². The maximum Gasteiger partial charge on any atom is 0.254 e. The number of hydrogen-bond acceptors (Lipinski definition) is 5. The van der Waals surface area contributed by atoms with Crippen LogP contribution in [0.2, 0.25) is 0 Å². The summed E-state index contributed by atoms with van der Waals surface area (Å²) < 4.78 is 1.81. The number of imidazole rings is 1. The van der Waals surface area contributed by atoms with Gasteiger partial charge in [-0.05, 0) is 25.0 Å². The Morgan fingerprint density at radius 1 is 1.08 bits per heavy atom. The molecule has 1 unspecified atom stereocenters. The standard InChI is InChI=1S/C17H16N6O/c24-17(13-3-5-18-6-4-13)23-8-1-2-15(23)14-10-20-11-16(21-14)22-9-7-19-12-22/h3-7,9-12,15H,1-2,8H2. The number of hydrogen-bond donors (Lipinski definition) is 0. The number of amides is 1. The molecule has 0 aromatic carbocycles. The van der Waals surface area contributed by atoms with Crippen molar-refractivity contribution in [3.05, 3.63) is 66.9 Å². The van der Waals surface area contributed by atoms with E-state index in [0.29, 0.717) is 11.4 Å². The van der Waals surface area contributed by atoms with Gasteiger partial charge >= 0.3 is 0 Å². The van der Waals surface area contributed by atoms with Crippen molar-refractivity contribution >= 4 is 5.91 Å². The van der Waals surface area contributed by atoms with Crippen LogP contribution in [0.5, 0.6) is 0 Å². The number of aromatic nitrogens is 5. The SMILES string of the molecule is O=C(c1ccncc1)N1CCCC1c1cncc(-n2ccnc2)n1. The fourth-order valence-electron chi connectivity index (χ4n) is 3.03. The quantitative estimate of drug-likeness (QED) is 0.738. The zero-order valence-electron chi connectivity index (χ0n) is 13.0. The molecule has 0 saturated carbocycles. The molecule has 0 aliphatic carbocycles. The summed E-state index contributed by atoms with van der Waals surface area (Å²) in [5.41, 5.74) is 1.46. The highest BCUT2D eigenvalue weighted by molar-refractivity contribution is 5.94. The highest BCUT2D eigenvalue weighted by Gasteiger charge is 2.31. The van der Waals surface area contributed by atoms with Crippen molar-refractivity contribution in [2.75, 3.05) is 6.54 Å². The molecular weight excluding hydrogens is 304 g/mol. The summed E-state index contributed by atoms with van der Waals surface area (Å²) in [6.07, 6.45) is 13.7. The Kier molecular flexibility index (Phi) is 3.74. The van der Waals surface area contributed by atoms with Gasteiger partial charge in [-0.25, -0.2) is 9.97 Å². The van der Waals surface area contributed by atoms with Gasteiger partial charge in [-0.3, -0.25) is 19.3 Å². The third-order valence-electron chi connectivity index (χ3n) is 4.19. The lowest BCUT2D eigenvalue weighted by Crippen LogP contribution is -2.31. The van der Waals surface area contributed by atoms with Crippen molar-refractivity contribution in [3.63, 3.8) is 0 Å². The van der Waals surface area contributed by atoms with E-state index in [-0.39, 0.29) is 11.9 Å². The first-order valence-electron chi connectivity index (χ1n) is 7.84. The van der Waals surface area contributed by atoms with E-state index >= 15 is 0 Å². The Morgan fingerprint density at radius 3 is 2.75 bits per heavy atom. The van der Waals surface area contributed by atoms with Crippen LogP contribution in [0, 0.1) is 0 Å². The molecule has 4 heterocycles. The maximum absolute atomic E-state index is 12.8. The second-order valence-corrected chi connectivity index (χ2v) is 5.66. The molecule has 3 aromatic rings. The topological polar surface area (TPSA) is 76.8 Å². The van der Waals surface area contributed by atoms with Crippen LogP contribution in [0.3, 0.4) is 0 Å². The monoisotopic (exact) mass is 320 g/mol. The summed E-state index contributed by atoms with van der Waals surface area (Å²) in [7, 11) is 0. The number of pyridine rings is 1. The van der Waals surface area contributed by atoms with Gasteiger partial charge in [0.1, 0.15) is 6.33 Å². The zero-order valence-corrected chi connectivity index (χ0v) is 13.0. The number of likely N-dealkylation sites (tertiary alicyclic amines) is 1. The van der Waals surface area contributed by atoms with Crippen molar-refractivity contribution < 1.29 is 4.79 Å². The molecule has 120 valence electrons. The fraction of sp³-hybridized carbons (Fsp3) is 0.235. The second kappa shape index (κ2) is 6.19. The fourth-order valence-corrected chi connectivity index (χ4v) is 3.03. The van der Waals surface area contributed by atoms with Crippen LogP contribution in [0.1, 0.15) is 34.9 Å². The highest BCUT2D eigenvalue weighted by Crippen LogP contribution is 2.32. The Morgan fingerprint density at radius 2 is 1.96 bits per heavy atom. The molecule has 0 N–H and O–H groups in total. The highest BCUT2D eigenvalue weighted by atomic mass is 16.2. The van der Waals surface area contributed by atoms with Gasteiger partial charge in [0.15, 0.2) is 5.82 Å². The molecule has 1 aliphatic heterocycles. The third-order valence-corrected chi connectivity index (χ3v) is 4.19. The van der Waals surface area contributed by atoms with Gasteiger partial charge in [-0.1, -0.05) is 0 Å². The molecule has 1 saturated heterocycles. The lowest BCUT2D eigenvalue weighted by molar-refractivity contribution is 0.0732. The smallest absolute Gasteiger partial charge is 0.254 e. The van der Waals surface area contributed by atoms with Gasteiger partial charge < -0.3 is 4.90 Å². The molecule has 1 amide bonds. The van der Waals surface area contributed by atoms with Gasteiger partial charge in [-0.2, -0.15) is 0 Å². The molecule has 1 atom stereocenters. The van der Waals surface area contributed by atoms with Crippen LogP contribution in [0.4, 0.5) is 0 Å². The van der Waals surface area contributed by atoms with Crippen molar-refractivity contribution in [1.82, 2.24) is 29.4 Å². The van der Waals surface area contributed by atoms with E-state index in [0.717, 1.165) is 25.1 Å². The minimum Gasteiger partial charge on any atom is -0.330 e. The molecule has 7 heteroatoms. The minimum atomic E-state index is -0.0540. The molecule has 0 radical (unpaired) electrons.